The minimum absolute atomic E-state index is 0.0415. The number of carbonyl (C=O) groups is 8. The zero-order valence-electron chi connectivity index (χ0n) is 48.8. The van der Waals surface area contributed by atoms with Gasteiger partial charge < -0.3 is 38.2 Å². The van der Waals surface area contributed by atoms with Crippen LogP contribution in [0.25, 0.3) is 0 Å². The molecule has 5 fully saturated rings. The molecule has 0 aromatic rings. The number of Topliss-reactive ketones (excluding diaryl/α,β-unsaturated/α-hetero) is 2. The van der Waals surface area contributed by atoms with E-state index in [0.29, 0.717) is 39.1 Å². The number of ether oxygens (including phenoxy) is 6. The smallest absolute Gasteiger partial charge is 0.309 e. The number of piperidine rings is 2. The van der Waals surface area contributed by atoms with E-state index < -0.39 is 71.1 Å². The molecule has 0 spiro atoms. The van der Waals surface area contributed by atoms with E-state index >= 15 is 0 Å². The van der Waals surface area contributed by atoms with Crippen molar-refractivity contribution < 1.29 is 66.8 Å². The van der Waals surface area contributed by atoms with E-state index in [2.05, 4.69) is 27.7 Å². The summed E-state index contributed by atoms with van der Waals surface area (Å²) in [5, 5.41) is 0. The van der Waals surface area contributed by atoms with Gasteiger partial charge in [0.15, 0.2) is 11.6 Å². The first kappa shape index (κ1) is 62.7. The molecule has 16 heteroatoms. The summed E-state index contributed by atoms with van der Waals surface area (Å²) in [6.45, 7) is 28.8. The maximum absolute atomic E-state index is 14.1. The second kappa shape index (κ2) is 26.6. The van der Waals surface area contributed by atoms with Crippen LogP contribution in [0, 0.1) is 58.2 Å². The van der Waals surface area contributed by atoms with Crippen LogP contribution in [-0.2, 0) is 66.8 Å². The molecule has 3 saturated heterocycles. The predicted octanol–water partition coefficient (Wildman–Crippen LogP) is 9.21. The molecule has 0 aromatic heterocycles. The topological polar surface area (TPSA) is 198 Å². The Kier molecular flexibility index (Phi) is 22.0. The fraction of sp³-hybridized carbons (Fsp3) is 0.833. The van der Waals surface area contributed by atoms with Gasteiger partial charge in [0.2, 0.25) is 11.8 Å². The van der Waals surface area contributed by atoms with E-state index in [-0.39, 0.29) is 109 Å². The van der Waals surface area contributed by atoms with Crippen LogP contribution in [0.3, 0.4) is 0 Å². The van der Waals surface area contributed by atoms with Crippen molar-refractivity contribution in [1.29, 1.82) is 0 Å². The summed E-state index contributed by atoms with van der Waals surface area (Å²) in [5.41, 5.74) is -1.43. The lowest BCUT2D eigenvalue weighted by molar-refractivity contribution is -0.162. The molecule has 76 heavy (non-hydrogen) atoms. The van der Waals surface area contributed by atoms with Crippen LogP contribution >= 0.6 is 0 Å². The van der Waals surface area contributed by atoms with Gasteiger partial charge in [-0.2, -0.15) is 0 Å². The molecular weight excluding hydrogens is 973 g/mol. The van der Waals surface area contributed by atoms with Gasteiger partial charge in [-0.1, -0.05) is 72.0 Å². The van der Waals surface area contributed by atoms with Crippen molar-refractivity contribution in [3.8, 4) is 0 Å². The molecule has 4 heterocycles. The van der Waals surface area contributed by atoms with Crippen molar-refractivity contribution in [2.45, 2.75) is 222 Å². The highest BCUT2D eigenvalue weighted by molar-refractivity contribution is 5.96. The van der Waals surface area contributed by atoms with E-state index in [1.54, 1.807) is 72.1 Å². The third-order valence-corrected chi connectivity index (χ3v) is 17.0. The lowest BCUT2D eigenvalue weighted by atomic mass is 9.88. The molecule has 2 saturated carbocycles. The minimum Gasteiger partial charge on any atom is -0.466 e. The molecular formula is C60H96N2O14. The molecule has 16 nitrogen and oxygen atoms in total. The number of ketones is 2. The van der Waals surface area contributed by atoms with E-state index in [0.717, 1.165) is 51.4 Å². The number of carbonyl (C=O) groups excluding carboxylic acids is 8. The molecule has 0 aromatic carbocycles. The van der Waals surface area contributed by atoms with Gasteiger partial charge in [0, 0.05) is 32.5 Å². The number of hydrogen-bond acceptors (Lipinski definition) is 14. The Bertz CT molecular complexity index is 2080. The van der Waals surface area contributed by atoms with Crippen LogP contribution in [-0.4, -0.2) is 132 Å². The van der Waals surface area contributed by atoms with Crippen LogP contribution in [0.5, 0.6) is 0 Å². The third kappa shape index (κ3) is 16.4. The van der Waals surface area contributed by atoms with Crippen LogP contribution in [0.4, 0.5) is 0 Å². The zero-order valence-corrected chi connectivity index (χ0v) is 48.8. The standard InChI is InChI=1S/C30H49NO7.C30H47NO7/c2*1-8-36-28(35)20-14-12-10-9-11-13-15-37-19(2)21(17-24(33)38-29(3,4)5)27(34)31-18-22-25(30(22,6)7)26(31)23(32)16-20/h19-22,25-26H,8-18H2,1-7H3;11,13,19-22,25-26H,8-10,12,14-18H2,1-7H3/t2*19-,20+,21-,22-,25-,26+/m00/s1. The number of allylic oxidation sites excluding steroid dienone is 1. The highest BCUT2D eigenvalue weighted by atomic mass is 16.6. The Morgan fingerprint density at radius 1 is 0.592 bits per heavy atom. The number of hydrogen-bond donors (Lipinski definition) is 0. The van der Waals surface area contributed by atoms with Crippen molar-refractivity contribution in [3.63, 3.8) is 0 Å². The Hall–Kier alpha value is -4.18. The van der Waals surface area contributed by atoms with Gasteiger partial charge in [-0.15, -0.1) is 0 Å². The number of amides is 2. The van der Waals surface area contributed by atoms with Crippen molar-refractivity contribution in [2.75, 3.05) is 39.5 Å². The summed E-state index contributed by atoms with van der Waals surface area (Å²) >= 11 is 0. The van der Waals surface area contributed by atoms with E-state index in [1.165, 1.54) is 0 Å². The van der Waals surface area contributed by atoms with Crippen LogP contribution < -0.4 is 0 Å². The summed E-state index contributed by atoms with van der Waals surface area (Å²) in [4.78, 5) is 110. The summed E-state index contributed by atoms with van der Waals surface area (Å²) < 4.78 is 33.8. The molecule has 0 radical (unpaired) electrons. The molecule has 4 aliphatic heterocycles. The quantitative estimate of drug-likeness (QED) is 0.127. The summed E-state index contributed by atoms with van der Waals surface area (Å²) in [5.74, 6) is -4.23. The highest BCUT2D eigenvalue weighted by Gasteiger charge is 2.70. The number of nitrogens with zero attached hydrogens (tertiary/aromatic N) is 2. The molecule has 0 bridgehead atoms. The lowest BCUT2D eigenvalue weighted by Crippen LogP contribution is -2.50. The van der Waals surface area contributed by atoms with Gasteiger partial charge in [-0.05, 0) is 136 Å². The molecule has 6 rings (SSSR count). The molecule has 2 amide bonds. The summed E-state index contributed by atoms with van der Waals surface area (Å²) in [6, 6.07) is -1.21. The largest absolute Gasteiger partial charge is 0.466 e. The number of rotatable bonds is 8. The maximum Gasteiger partial charge on any atom is 0.309 e. The first-order valence-corrected chi connectivity index (χ1v) is 28.9. The second-order valence-electron chi connectivity index (χ2n) is 25.7. The maximum atomic E-state index is 14.1. The Morgan fingerprint density at radius 3 is 1.43 bits per heavy atom. The van der Waals surface area contributed by atoms with Gasteiger partial charge in [0.05, 0.1) is 80.6 Å². The van der Waals surface area contributed by atoms with Crippen LogP contribution in [0.15, 0.2) is 12.2 Å². The van der Waals surface area contributed by atoms with E-state index in [4.69, 9.17) is 28.4 Å². The van der Waals surface area contributed by atoms with Gasteiger partial charge in [-0.25, -0.2) is 0 Å². The first-order chi connectivity index (χ1) is 35.5. The SMILES string of the molecule is CCOC(=O)[C@@H]1CCCCC=CCO[C@@H](C)[C@H](CC(=O)OC(C)(C)C)C(=O)N2C[C@H]3[C@@H]([C@H]2C(=O)C1)C3(C)C.CCOC(=O)[C@@H]1CCCCCCCO[C@@H](C)[C@H](CC(=O)OC(C)(C)C)C(=O)N2C[C@H]3[C@@H]([C@H]2C(=O)C1)C3(C)C. The molecule has 6 aliphatic rings. The van der Waals surface area contributed by atoms with Crippen molar-refractivity contribution >= 4 is 47.3 Å². The first-order valence-electron chi connectivity index (χ1n) is 28.9. The van der Waals surface area contributed by atoms with Crippen molar-refractivity contribution in [1.82, 2.24) is 9.80 Å². The lowest BCUT2D eigenvalue weighted by Gasteiger charge is -2.35. The Labute approximate surface area is 454 Å². The normalized spacial score (nSPS) is 32.6. The highest BCUT2D eigenvalue weighted by Crippen LogP contribution is 2.66. The fourth-order valence-corrected chi connectivity index (χ4v) is 12.6. The Balaban J connectivity index is 0.000000281. The second-order valence-corrected chi connectivity index (χ2v) is 25.7. The average Bonchev–Trinajstić information content (AvgIpc) is 3.76. The van der Waals surface area contributed by atoms with Crippen molar-refractivity contribution in [2.24, 2.45) is 58.2 Å². The summed E-state index contributed by atoms with van der Waals surface area (Å²) in [6.07, 6.45) is 11.2. The molecule has 0 unspecified atom stereocenters. The molecule has 12 atom stereocenters. The number of esters is 4. The van der Waals surface area contributed by atoms with Crippen molar-refractivity contribution in [3.05, 3.63) is 12.2 Å². The van der Waals surface area contributed by atoms with Gasteiger partial charge in [0.1, 0.15) is 11.2 Å². The van der Waals surface area contributed by atoms with Crippen LogP contribution in [0.1, 0.15) is 187 Å². The monoisotopic (exact) mass is 1070 g/mol. The fourth-order valence-electron chi connectivity index (χ4n) is 12.6. The molecule has 430 valence electrons. The zero-order chi connectivity index (χ0) is 56.5. The van der Waals surface area contributed by atoms with Crippen LogP contribution in [0.2, 0.25) is 0 Å². The average molecular weight is 1070 g/mol. The summed E-state index contributed by atoms with van der Waals surface area (Å²) in [7, 11) is 0. The van der Waals surface area contributed by atoms with E-state index in [9.17, 15) is 38.4 Å². The minimum atomic E-state index is -0.775. The molecule has 0 N–H and O–H groups in total. The van der Waals surface area contributed by atoms with Gasteiger partial charge in [0.25, 0.3) is 0 Å². The van der Waals surface area contributed by atoms with E-state index in [1.807, 2.05) is 19.1 Å². The Morgan fingerprint density at radius 2 is 1.00 bits per heavy atom. The third-order valence-electron chi connectivity index (χ3n) is 17.0. The van der Waals surface area contributed by atoms with Gasteiger partial charge >= 0.3 is 23.9 Å². The predicted molar refractivity (Wildman–Crippen MR) is 286 cm³/mol. The van der Waals surface area contributed by atoms with Gasteiger partial charge in [-0.3, -0.25) is 38.4 Å². The molecule has 2 aliphatic carbocycles. The number of fused-ring (bicyclic) bond motifs is 6.